The number of aromatic nitrogens is 1. The van der Waals surface area contributed by atoms with Crippen LogP contribution >= 0.6 is 11.8 Å². The number of para-hydroxylation sites is 1. The number of hydrogen-bond donors (Lipinski definition) is 2. The monoisotopic (exact) mass is 409 g/mol. The molecule has 1 saturated heterocycles. The number of rotatable bonds is 7. The lowest BCUT2D eigenvalue weighted by Crippen LogP contribution is -2.39. The van der Waals surface area contributed by atoms with Crippen LogP contribution in [0.2, 0.25) is 0 Å². The molecule has 2 N–H and O–H groups in total. The third kappa shape index (κ3) is 4.24. The quantitative estimate of drug-likeness (QED) is 0.629. The van der Waals surface area contributed by atoms with Gasteiger partial charge in [-0.2, -0.15) is 0 Å². The molecule has 6 nitrogen and oxygen atoms in total. The van der Waals surface area contributed by atoms with Crippen LogP contribution in [-0.4, -0.2) is 53.5 Å². The first-order valence-electron chi connectivity index (χ1n) is 9.48. The van der Waals surface area contributed by atoms with Crippen molar-refractivity contribution >= 4 is 34.5 Å². The van der Waals surface area contributed by atoms with Gasteiger partial charge in [0.1, 0.15) is 12.3 Å². The van der Waals surface area contributed by atoms with Crippen molar-refractivity contribution in [2.45, 2.75) is 5.92 Å². The molecule has 1 fully saturated rings. The Morgan fingerprint density at radius 3 is 2.76 bits per heavy atom. The summed E-state index contributed by atoms with van der Waals surface area (Å²) in [5.41, 5.74) is 3.27. The van der Waals surface area contributed by atoms with Crippen LogP contribution in [0.5, 0.6) is 5.75 Å². The van der Waals surface area contributed by atoms with E-state index in [1.54, 1.807) is 12.0 Å². The van der Waals surface area contributed by atoms with Crippen LogP contribution in [0.25, 0.3) is 10.9 Å². The topological polar surface area (TPSA) is 74.4 Å². The second-order valence-electron chi connectivity index (χ2n) is 6.99. The number of carbonyl (C=O) groups is 2. The van der Waals surface area contributed by atoms with Gasteiger partial charge in [-0.05, 0) is 29.3 Å². The Kier molecular flexibility index (Phi) is 5.76. The van der Waals surface area contributed by atoms with Crippen molar-refractivity contribution in [3.63, 3.8) is 0 Å². The number of H-pyrrole nitrogens is 1. The smallest absolute Gasteiger partial charge is 0.239 e. The van der Waals surface area contributed by atoms with Crippen LogP contribution in [0.3, 0.4) is 0 Å². The van der Waals surface area contributed by atoms with Gasteiger partial charge in [-0.3, -0.25) is 9.59 Å². The molecule has 0 bridgehead atoms. The van der Waals surface area contributed by atoms with E-state index < -0.39 is 0 Å². The van der Waals surface area contributed by atoms with Gasteiger partial charge in [-0.15, -0.1) is 11.8 Å². The zero-order valence-electron chi connectivity index (χ0n) is 16.2. The molecule has 0 radical (unpaired) electrons. The third-order valence-electron chi connectivity index (χ3n) is 5.18. The summed E-state index contributed by atoms with van der Waals surface area (Å²) in [6.07, 6.45) is 2.01. The minimum Gasteiger partial charge on any atom is -0.497 e. The number of carbonyl (C=O) groups excluding carboxylic acids is 2. The van der Waals surface area contributed by atoms with Crippen molar-refractivity contribution < 1.29 is 14.3 Å². The summed E-state index contributed by atoms with van der Waals surface area (Å²) >= 11 is 1.54. The van der Waals surface area contributed by atoms with Crippen molar-refractivity contribution in [1.82, 2.24) is 15.2 Å². The molecule has 2 heterocycles. The third-order valence-corrected chi connectivity index (χ3v) is 6.12. The Morgan fingerprint density at radius 1 is 1.24 bits per heavy atom. The van der Waals surface area contributed by atoms with Crippen LogP contribution in [0.15, 0.2) is 54.7 Å². The number of benzene rings is 2. The molecule has 2 aromatic carbocycles. The predicted octanol–water partition coefficient (Wildman–Crippen LogP) is 2.96. The number of nitrogens with one attached hydrogen (secondary N) is 2. The number of nitrogens with zero attached hydrogens (tertiary/aromatic N) is 1. The highest BCUT2D eigenvalue weighted by Gasteiger charge is 2.24. The fraction of sp³-hybridized carbons (Fsp3) is 0.273. The lowest BCUT2D eigenvalue weighted by atomic mass is 9.90. The van der Waals surface area contributed by atoms with E-state index in [9.17, 15) is 9.59 Å². The first kappa shape index (κ1) is 19.4. The van der Waals surface area contributed by atoms with Gasteiger partial charge >= 0.3 is 0 Å². The average molecular weight is 410 g/mol. The zero-order valence-corrected chi connectivity index (χ0v) is 17.0. The number of thioether (sulfide) groups is 1. The lowest BCUT2D eigenvalue weighted by Gasteiger charge is -2.20. The van der Waals surface area contributed by atoms with E-state index in [0.717, 1.165) is 27.8 Å². The maximum absolute atomic E-state index is 12.5. The number of hydrogen-bond acceptors (Lipinski definition) is 4. The highest BCUT2D eigenvalue weighted by molar-refractivity contribution is 8.00. The molecule has 7 heteroatoms. The summed E-state index contributed by atoms with van der Waals surface area (Å²) in [5, 5.41) is 4.16. The molecule has 0 aliphatic carbocycles. The maximum Gasteiger partial charge on any atom is 0.239 e. The second kappa shape index (κ2) is 8.61. The molecule has 29 heavy (non-hydrogen) atoms. The maximum atomic E-state index is 12.5. The average Bonchev–Trinajstić information content (AvgIpc) is 3.35. The van der Waals surface area contributed by atoms with Crippen LogP contribution in [-0.2, 0) is 9.59 Å². The first-order valence-corrected chi connectivity index (χ1v) is 10.6. The highest BCUT2D eigenvalue weighted by Crippen LogP contribution is 2.31. The zero-order chi connectivity index (χ0) is 20.2. The van der Waals surface area contributed by atoms with Gasteiger partial charge in [-0.1, -0.05) is 30.3 Å². The molecule has 3 aromatic rings. The van der Waals surface area contributed by atoms with Gasteiger partial charge in [0.15, 0.2) is 0 Å². The van der Waals surface area contributed by atoms with Crippen LogP contribution in [0.4, 0.5) is 0 Å². The molecule has 0 spiro atoms. The van der Waals surface area contributed by atoms with E-state index in [2.05, 4.69) is 16.4 Å². The SMILES string of the molecule is COc1ccc([C@H](CNC(=O)CN2CSCC2=O)c2c[nH]c3ccccc23)cc1. The fourth-order valence-corrected chi connectivity index (χ4v) is 4.52. The summed E-state index contributed by atoms with van der Waals surface area (Å²) < 4.78 is 5.28. The first-order chi connectivity index (χ1) is 14.2. The van der Waals surface area contributed by atoms with Crippen LogP contribution < -0.4 is 10.1 Å². The summed E-state index contributed by atoms with van der Waals surface area (Å²) in [7, 11) is 1.64. The van der Waals surface area contributed by atoms with E-state index in [1.165, 1.54) is 11.8 Å². The highest BCUT2D eigenvalue weighted by atomic mass is 32.2. The molecule has 150 valence electrons. The van der Waals surface area contributed by atoms with Gasteiger partial charge in [0.2, 0.25) is 11.8 Å². The molecule has 1 aliphatic rings. The summed E-state index contributed by atoms with van der Waals surface area (Å²) in [4.78, 5) is 29.2. The minimum atomic E-state index is -0.140. The Balaban J connectivity index is 1.56. The van der Waals surface area contributed by atoms with Crippen LogP contribution in [0, 0.1) is 0 Å². The van der Waals surface area contributed by atoms with E-state index >= 15 is 0 Å². The molecule has 2 amide bonds. The van der Waals surface area contributed by atoms with Gasteiger partial charge in [-0.25, -0.2) is 0 Å². The van der Waals surface area contributed by atoms with Crippen molar-refractivity contribution in [1.29, 1.82) is 0 Å². The lowest BCUT2D eigenvalue weighted by molar-refractivity contribution is -0.132. The number of fused-ring (bicyclic) bond motifs is 1. The van der Waals surface area contributed by atoms with Crippen molar-refractivity contribution in [2.75, 3.05) is 31.8 Å². The van der Waals surface area contributed by atoms with Gasteiger partial charge in [0.25, 0.3) is 0 Å². The number of ether oxygens (including phenoxy) is 1. The summed E-state index contributed by atoms with van der Waals surface area (Å²) in [6, 6.07) is 16.0. The predicted molar refractivity (Wildman–Crippen MR) is 115 cm³/mol. The number of methoxy groups -OCH3 is 1. The fourth-order valence-electron chi connectivity index (χ4n) is 3.61. The molecule has 1 aromatic heterocycles. The van der Waals surface area contributed by atoms with E-state index in [1.807, 2.05) is 48.7 Å². The Morgan fingerprint density at radius 2 is 2.03 bits per heavy atom. The molecule has 4 rings (SSSR count). The molecule has 1 atom stereocenters. The van der Waals surface area contributed by atoms with Gasteiger partial charge in [0.05, 0.1) is 18.7 Å². The Hall–Kier alpha value is -2.93. The normalized spacial score (nSPS) is 14.9. The largest absolute Gasteiger partial charge is 0.497 e. The van der Waals surface area contributed by atoms with E-state index in [4.69, 9.17) is 4.74 Å². The second-order valence-corrected chi connectivity index (χ2v) is 7.94. The van der Waals surface area contributed by atoms with Gasteiger partial charge < -0.3 is 19.9 Å². The molecule has 1 aliphatic heterocycles. The Bertz CT molecular complexity index is 1020. The molecular formula is C22H23N3O3S. The van der Waals surface area contributed by atoms with E-state index in [0.29, 0.717) is 18.2 Å². The van der Waals surface area contributed by atoms with Crippen molar-refractivity contribution in [2.24, 2.45) is 0 Å². The minimum absolute atomic E-state index is 0.0217. The number of amides is 2. The standard InChI is InChI=1S/C22H23N3O3S/c1-28-16-8-6-15(7-9-16)18(19-11-23-20-5-3-2-4-17(19)20)10-24-21(26)12-25-14-29-13-22(25)27/h2-9,11,18,23H,10,12-14H2,1H3,(H,24,26)/t18-/m0/s1. The van der Waals surface area contributed by atoms with Crippen molar-refractivity contribution in [3.05, 3.63) is 65.9 Å². The Labute approximate surface area is 173 Å². The summed E-state index contributed by atoms with van der Waals surface area (Å²) in [6.45, 7) is 0.553. The molecular weight excluding hydrogens is 386 g/mol. The van der Waals surface area contributed by atoms with E-state index in [-0.39, 0.29) is 24.3 Å². The van der Waals surface area contributed by atoms with Crippen LogP contribution in [0.1, 0.15) is 17.0 Å². The molecule has 0 saturated carbocycles. The van der Waals surface area contributed by atoms with Gasteiger partial charge in [0, 0.05) is 29.6 Å². The summed E-state index contributed by atoms with van der Waals surface area (Å²) in [5.74, 6) is 1.69. The number of aromatic amines is 1. The van der Waals surface area contributed by atoms with Crippen molar-refractivity contribution in [3.8, 4) is 5.75 Å². The molecule has 0 unspecified atom stereocenters.